The van der Waals surface area contributed by atoms with E-state index in [-0.39, 0.29) is 17.6 Å². The van der Waals surface area contributed by atoms with Crippen LogP contribution in [0.3, 0.4) is 0 Å². The number of carbonyl (C=O) groups is 1. The van der Waals surface area contributed by atoms with Crippen LogP contribution in [0.5, 0.6) is 11.5 Å². The number of carbonyl (C=O) groups excluding carboxylic acids is 1. The highest BCUT2D eigenvalue weighted by molar-refractivity contribution is 7.92. The molecule has 1 heterocycles. The summed E-state index contributed by atoms with van der Waals surface area (Å²) in [4.78, 5) is 12.4. The zero-order chi connectivity index (χ0) is 23.4. The predicted octanol–water partition coefficient (Wildman–Crippen LogP) is 3.47. The third-order valence-corrected chi connectivity index (χ3v) is 6.34. The van der Waals surface area contributed by atoms with E-state index >= 15 is 0 Å². The quantitative estimate of drug-likeness (QED) is 0.465. The number of anilines is 2. The van der Waals surface area contributed by atoms with Gasteiger partial charge in [0.05, 0.1) is 4.90 Å². The van der Waals surface area contributed by atoms with Crippen molar-refractivity contribution in [1.82, 2.24) is 5.32 Å². The van der Waals surface area contributed by atoms with Gasteiger partial charge in [-0.2, -0.15) is 0 Å². The summed E-state index contributed by atoms with van der Waals surface area (Å²) >= 11 is 0. The zero-order valence-corrected chi connectivity index (χ0v) is 18.5. The highest BCUT2D eigenvalue weighted by Gasteiger charge is 2.17. The van der Waals surface area contributed by atoms with Crippen LogP contribution in [-0.4, -0.2) is 27.2 Å². The minimum atomic E-state index is -3.84. The Morgan fingerprint density at radius 3 is 2.36 bits per heavy atom. The normalized spacial score (nSPS) is 13.3. The molecule has 3 N–H and O–H groups in total. The molecular formula is C23H22FN3O5S. The van der Waals surface area contributed by atoms with Gasteiger partial charge in [-0.1, -0.05) is 6.07 Å². The Labute approximate surface area is 190 Å². The van der Waals surface area contributed by atoms with E-state index in [1.54, 1.807) is 37.3 Å². The number of ether oxygens (including phenoxy) is 2. The lowest BCUT2D eigenvalue weighted by Crippen LogP contribution is -2.37. The largest absolute Gasteiger partial charge is 0.454 e. The lowest BCUT2D eigenvalue weighted by atomic mass is 10.2. The summed E-state index contributed by atoms with van der Waals surface area (Å²) in [6, 6.07) is 16.0. The molecule has 10 heteroatoms. The van der Waals surface area contributed by atoms with E-state index in [1.807, 2.05) is 12.1 Å². The second kappa shape index (κ2) is 9.37. The molecule has 1 atom stereocenters. The van der Waals surface area contributed by atoms with Crippen LogP contribution >= 0.6 is 0 Å². The molecule has 0 fully saturated rings. The molecular weight excluding hydrogens is 449 g/mol. The number of nitrogens with one attached hydrogen (secondary N) is 3. The van der Waals surface area contributed by atoms with Gasteiger partial charge in [0, 0.05) is 17.9 Å². The Balaban J connectivity index is 1.30. The lowest BCUT2D eigenvalue weighted by Gasteiger charge is -2.16. The lowest BCUT2D eigenvalue weighted by molar-refractivity contribution is -0.121. The maximum atomic E-state index is 13.0. The molecule has 172 valence electrons. The van der Waals surface area contributed by atoms with Gasteiger partial charge in [0.15, 0.2) is 11.5 Å². The van der Waals surface area contributed by atoms with E-state index in [0.29, 0.717) is 29.4 Å². The molecule has 0 aromatic heterocycles. The van der Waals surface area contributed by atoms with Crippen molar-refractivity contribution in [2.24, 2.45) is 0 Å². The zero-order valence-electron chi connectivity index (χ0n) is 17.7. The molecule has 0 unspecified atom stereocenters. The van der Waals surface area contributed by atoms with Crippen molar-refractivity contribution < 1.29 is 27.1 Å². The fourth-order valence-electron chi connectivity index (χ4n) is 3.17. The number of benzene rings is 3. The van der Waals surface area contributed by atoms with Crippen molar-refractivity contribution in [1.29, 1.82) is 0 Å². The van der Waals surface area contributed by atoms with Gasteiger partial charge in [-0.3, -0.25) is 9.52 Å². The van der Waals surface area contributed by atoms with Crippen LogP contribution in [-0.2, 0) is 21.4 Å². The van der Waals surface area contributed by atoms with Crippen molar-refractivity contribution in [2.75, 3.05) is 16.8 Å². The van der Waals surface area contributed by atoms with E-state index < -0.39 is 21.9 Å². The van der Waals surface area contributed by atoms with Crippen LogP contribution in [0.25, 0.3) is 0 Å². The molecule has 33 heavy (non-hydrogen) atoms. The first-order chi connectivity index (χ1) is 15.8. The fraction of sp³-hybridized carbons (Fsp3) is 0.174. The van der Waals surface area contributed by atoms with Gasteiger partial charge in [-0.25, -0.2) is 12.8 Å². The number of fused-ring (bicyclic) bond motifs is 1. The molecule has 1 aliphatic rings. The third kappa shape index (κ3) is 5.53. The fourth-order valence-corrected chi connectivity index (χ4v) is 4.23. The molecule has 0 saturated heterocycles. The first kappa shape index (κ1) is 22.4. The Morgan fingerprint density at radius 2 is 1.64 bits per heavy atom. The van der Waals surface area contributed by atoms with Crippen LogP contribution in [0.2, 0.25) is 0 Å². The number of hydrogen-bond acceptors (Lipinski definition) is 6. The number of hydrogen-bond donors (Lipinski definition) is 3. The van der Waals surface area contributed by atoms with Gasteiger partial charge in [-0.15, -0.1) is 0 Å². The van der Waals surface area contributed by atoms with E-state index in [4.69, 9.17) is 9.47 Å². The summed E-state index contributed by atoms with van der Waals surface area (Å²) in [7, 11) is -3.84. The standard InChI is InChI=1S/C23H22FN3O5S/c1-15(23(28)25-13-16-2-11-21-22(12-16)32-14-31-21)26-18-5-7-19(8-6-18)27-33(29,30)20-9-3-17(24)4-10-20/h2-12,15,26-27H,13-14H2,1H3,(H,25,28)/t15-/m1/s1. The summed E-state index contributed by atoms with van der Waals surface area (Å²) in [5.41, 5.74) is 1.87. The van der Waals surface area contributed by atoms with Gasteiger partial charge in [0.1, 0.15) is 11.9 Å². The monoisotopic (exact) mass is 471 g/mol. The van der Waals surface area contributed by atoms with Crippen molar-refractivity contribution in [2.45, 2.75) is 24.4 Å². The Morgan fingerprint density at radius 1 is 0.970 bits per heavy atom. The highest BCUT2D eigenvalue weighted by Crippen LogP contribution is 2.32. The van der Waals surface area contributed by atoms with E-state index in [0.717, 1.165) is 17.7 Å². The van der Waals surface area contributed by atoms with Crippen molar-refractivity contribution in [3.63, 3.8) is 0 Å². The molecule has 1 amide bonds. The summed E-state index contributed by atoms with van der Waals surface area (Å²) in [6.45, 7) is 2.25. The van der Waals surface area contributed by atoms with Gasteiger partial charge in [-0.05, 0) is 73.2 Å². The summed E-state index contributed by atoms with van der Waals surface area (Å²) in [5, 5.41) is 5.93. The van der Waals surface area contributed by atoms with E-state index in [1.165, 1.54) is 12.1 Å². The summed E-state index contributed by atoms with van der Waals surface area (Å²) in [5.74, 6) is 0.624. The van der Waals surface area contributed by atoms with Crippen LogP contribution in [0.15, 0.2) is 71.6 Å². The molecule has 8 nitrogen and oxygen atoms in total. The predicted molar refractivity (Wildman–Crippen MR) is 121 cm³/mol. The number of rotatable bonds is 8. The summed E-state index contributed by atoms with van der Waals surface area (Å²) in [6.07, 6.45) is 0. The second-order valence-corrected chi connectivity index (χ2v) is 9.09. The smallest absolute Gasteiger partial charge is 0.261 e. The average Bonchev–Trinajstić information content (AvgIpc) is 3.27. The van der Waals surface area contributed by atoms with Crippen LogP contribution in [0.1, 0.15) is 12.5 Å². The SMILES string of the molecule is C[C@@H](Nc1ccc(NS(=O)(=O)c2ccc(F)cc2)cc1)C(=O)NCc1ccc2c(c1)OCO2. The second-order valence-electron chi connectivity index (χ2n) is 7.41. The topological polar surface area (TPSA) is 106 Å². The van der Waals surface area contributed by atoms with Crippen molar-refractivity contribution >= 4 is 27.3 Å². The van der Waals surface area contributed by atoms with E-state index in [2.05, 4.69) is 15.4 Å². The molecule has 0 saturated carbocycles. The highest BCUT2D eigenvalue weighted by atomic mass is 32.2. The van der Waals surface area contributed by atoms with Gasteiger partial charge in [0.2, 0.25) is 12.7 Å². The first-order valence-electron chi connectivity index (χ1n) is 10.1. The summed E-state index contributed by atoms with van der Waals surface area (Å²) < 4.78 is 50.9. The maximum absolute atomic E-state index is 13.0. The first-order valence-corrected chi connectivity index (χ1v) is 11.6. The molecule has 3 aromatic rings. The third-order valence-electron chi connectivity index (χ3n) is 4.94. The Kier molecular flexibility index (Phi) is 6.36. The maximum Gasteiger partial charge on any atom is 0.261 e. The van der Waals surface area contributed by atoms with Crippen molar-refractivity contribution in [3.8, 4) is 11.5 Å². The molecule has 0 aliphatic carbocycles. The van der Waals surface area contributed by atoms with E-state index in [9.17, 15) is 17.6 Å². The molecule has 0 spiro atoms. The van der Waals surface area contributed by atoms with Crippen LogP contribution in [0.4, 0.5) is 15.8 Å². The minimum Gasteiger partial charge on any atom is -0.454 e. The Hall–Kier alpha value is -3.79. The van der Waals surface area contributed by atoms with Crippen LogP contribution in [0, 0.1) is 5.82 Å². The molecule has 4 rings (SSSR count). The molecule has 1 aliphatic heterocycles. The number of sulfonamides is 1. The van der Waals surface area contributed by atoms with Gasteiger partial charge >= 0.3 is 0 Å². The van der Waals surface area contributed by atoms with Gasteiger partial charge < -0.3 is 20.1 Å². The Bertz CT molecular complexity index is 1250. The van der Waals surface area contributed by atoms with Gasteiger partial charge in [0.25, 0.3) is 10.0 Å². The van der Waals surface area contributed by atoms with Crippen molar-refractivity contribution in [3.05, 3.63) is 78.1 Å². The minimum absolute atomic E-state index is 0.0427. The number of halogens is 1. The van der Waals surface area contributed by atoms with Crippen LogP contribution < -0.4 is 24.8 Å². The molecule has 3 aromatic carbocycles. The average molecular weight is 472 g/mol. The number of amides is 1. The molecule has 0 radical (unpaired) electrons. The molecule has 0 bridgehead atoms.